The van der Waals surface area contributed by atoms with Gasteiger partial charge in [-0.05, 0) is 56.3 Å². The third kappa shape index (κ3) is 4.74. The molecule has 0 unspecified atom stereocenters. The van der Waals surface area contributed by atoms with Crippen molar-refractivity contribution in [2.24, 2.45) is 0 Å². The predicted molar refractivity (Wildman–Crippen MR) is 122 cm³/mol. The highest BCUT2D eigenvalue weighted by Gasteiger charge is 2.17. The Balaban J connectivity index is 1.36. The molecule has 0 aliphatic carbocycles. The van der Waals surface area contributed by atoms with Gasteiger partial charge in [0.2, 0.25) is 5.91 Å². The molecule has 3 heterocycles. The summed E-state index contributed by atoms with van der Waals surface area (Å²) in [6.07, 6.45) is 0.246. The summed E-state index contributed by atoms with van der Waals surface area (Å²) in [6, 6.07) is 10.1. The number of rotatable bonds is 6. The van der Waals surface area contributed by atoms with Crippen molar-refractivity contribution in [1.82, 2.24) is 9.88 Å². The van der Waals surface area contributed by atoms with Gasteiger partial charge in [-0.1, -0.05) is 6.92 Å². The van der Waals surface area contributed by atoms with E-state index in [0.29, 0.717) is 0 Å². The minimum Gasteiger partial charge on any atom is -0.459 e. The highest BCUT2D eigenvalue weighted by Crippen LogP contribution is 2.27. The van der Waals surface area contributed by atoms with Gasteiger partial charge in [-0.2, -0.15) is 0 Å². The van der Waals surface area contributed by atoms with Crippen molar-refractivity contribution in [3.05, 3.63) is 52.7 Å². The average molecular weight is 425 g/mol. The summed E-state index contributed by atoms with van der Waals surface area (Å²) in [5.41, 5.74) is 3.90. The van der Waals surface area contributed by atoms with E-state index in [1.807, 2.05) is 37.4 Å². The Labute approximate surface area is 181 Å². The van der Waals surface area contributed by atoms with Gasteiger partial charge in [0.1, 0.15) is 5.76 Å². The second-order valence-corrected chi connectivity index (χ2v) is 8.56. The molecule has 1 saturated heterocycles. The Morgan fingerprint density at radius 2 is 1.97 bits per heavy atom. The molecule has 30 heavy (non-hydrogen) atoms. The van der Waals surface area contributed by atoms with Crippen molar-refractivity contribution in [1.29, 1.82) is 0 Å². The number of anilines is 2. The second kappa shape index (κ2) is 9.02. The van der Waals surface area contributed by atoms with Crippen LogP contribution in [0.3, 0.4) is 0 Å². The van der Waals surface area contributed by atoms with Crippen molar-refractivity contribution < 1.29 is 9.21 Å². The molecule has 2 aromatic heterocycles. The monoisotopic (exact) mass is 424 g/mol. The van der Waals surface area contributed by atoms with Crippen LogP contribution in [-0.4, -0.2) is 48.5 Å². The zero-order valence-electron chi connectivity index (χ0n) is 17.8. The summed E-state index contributed by atoms with van der Waals surface area (Å²) in [5, 5.41) is 5.75. The van der Waals surface area contributed by atoms with Gasteiger partial charge in [-0.25, -0.2) is 4.98 Å². The van der Waals surface area contributed by atoms with Crippen LogP contribution in [0, 0.1) is 13.8 Å². The Morgan fingerprint density at radius 1 is 1.17 bits per heavy atom. The quantitative estimate of drug-likeness (QED) is 0.638. The van der Waals surface area contributed by atoms with E-state index < -0.39 is 0 Å². The molecule has 1 aliphatic rings. The first-order chi connectivity index (χ1) is 14.5. The lowest BCUT2D eigenvalue weighted by Gasteiger charge is -2.35. The van der Waals surface area contributed by atoms with E-state index in [4.69, 9.17) is 4.42 Å². The number of carbonyl (C=O) groups excluding carboxylic acids is 1. The maximum atomic E-state index is 12.6. The van der Waals surface area contributed by atoms with E-state index in [9.17, 15) is 4.79 Å². The average Bonchev–Trinajstić information content (AvgIpc) is 3.38. The molecule has 0 saturated carbocycles. The number of benzene rings is 1. The lowest BCUT2D eigenvalue weighted by atomic mass is 10.1. The Bertz CT molecular complexity index is 1020. The number of hydrogen-bond acceptors (Lipinski definition) is 6. The van der Waals surface area contributed by atoms with Crippen LogP contribution in [0.1, 0.15) is 23.9 Å². The van der Waals surface area contributed by atoms with Gasteiger partial charge < -0.3 is 19.5 Å². The largest absolute Gasteiger partial charge is 0.459 e. The van der Waals surface area contributed by atoms with Gasteiger partial charge in [0, 0.05) is 42.9 Å². The number of aromatic nitrogens is 1. The molecule has 4 rings (SSSR count). The molecule has 158 valence electrons. The number of likely N-dealkylation sites (N-methyl/N-ethyl adjacent to an activating group) is 1. The van der Waals surface area contributed by atoms with Gasteiger partial charge in [0.25, 0.3) is 0 Å². The molecular formula is C23H28N4O2S. The van der Waals surface area contributed by atoms with E-state index in [1.54, 1.807) is 0 Å². The lowest BCUT2D eigenvalue weighted by Crippen LogP contribution is -2.46. The first kappa shape index (κ1) is 20.6. The summed E-state index contributed by atoms with van der Waals surface area (Å²) < 4.78 is 5.61. The number of piperazine rings is 1. The standard InChI is InChI=1S/C23H28N4O2S/c1-4-26-9-11-27(12-10-26)19-6-7-20(16(2)13-19)25-22(28)14-18-15-30-23(24-18)21-8-5-17(3)29-21/h5-8,13,15H,4,9-12,14H2,1-3H3,(H,25,28). The molecular weight excluding hydrogens is 396 g/mol. The Morgan fingerprint density at radius 3 is 2.63 bits per heavy atom. The number of hydrogen-bond donors (Lipinski definition) is 1. The van der Waals surface area contributed by atoms with Crippen LogP contribution in [0.15, 0.2) is 40.1 Å². The van der Waals surface area contributed by atoms with Gasteiger partial charge in [-0.3, -0.25) is 4.79 Å². The zero-order chi connectivity index (χ0) is 21.1. The third-order valence-corrected chi connectivity index (χ3v) is 6.42. The lowest BCUT2D eigenvalue weighted by molar-refractivity contribution is -0.115. The van der Waals surface area contributed by atoms with Crippen molar-refractivity contribution in [2.45, 2.75) is 27.2 Å². The van der Waals surface area contributed by atoms with Crippen molar-refractivity contribution in [3.8, 4) is 10.8 Å². The molecule has 3 aromatic rings. The van der Waals surface area contributed by atoms with Crippen LogP contribution >= 0.6 is 11.3 Å². The fourth-order valence-electron chi connectivity index (χ4n) is 3.72. The molecule has 0 atom stereocenters. The molecule has 1 N–H and O–H groups in total. The topological polar surface area (TPSA) is 61.6 Å². The number of nitrogens with one attached hydrogen (secondary N) is 1. The van der Waals surface area contributed by atoms with Gasteiger partial charge in [-0.15, -0.1) is 11.3 Å². The summed E-state index contributed by atoms with van der Waals surface area (Å²) >= 11 is 1.49. The zero-order valence-corrected chi connectivity index (χ0v) is 18.6. The molecule has 0 bridgehead atoms. The molecule has 6 nitrogen and oxygen atoms in total. The molecule has 1 amide bonds. The van der Waals surface area contributed by atoms with E-state index in [-0.39, 0.29) is 12.3 Å². The number of furan rings is 1. The van der Waals surface area contributed by atoms with Crippen LogP contribution in [0.2, 0.25) is 0 Å². The van der Waals surface area contributed by atoms with Gasteiger partial charge in [0.05, 0.1) is 12.1 Å². The molecule has 0 radical (unpaired) electrons. The first-order valence-corrected chi connectivity index (χ1v) is 11.3. The molecule has 1 aromatic carbocycles. The first-order valence-electron chi connectivity index (χ1n) is 10.4. The van der Waals surface area contributed by atoms with Gasteiger partial charge >= 0.3 is 0 Å². The number of nitrogens with zero attached hydrogens (tertiary/aromatic N) is 3. The number of carbonyl (C=O) groups is 1. The normalized spacial score (nSPS) is 14.8. The van der Waals surface area contributed by atoms with Crippen LogP contribution in [0.25, 0.3) is 10.8 Å². The maximum absolute atomic E-state index is 12.6. The summed E-state index contributed by atoms with van der Waals surface area (Å²) in [7, 11) is 0. The minimum absolute atomic E-state index is 0.0603. The smallest absolute Gasteiger partial charge is 0.230 e. The second-order valence-electron chi connectivity index (χ2n) is 7.70. The van der Waals surface area contributed by atoms with Crippen molar-refractivity contribution in [3.63, 3.8) is 0 Å². The maximum Gasteiger partial charge on any atom is 0.230 e. The molecule has 1 aliphatic heterocycles. The fraction of sp³-hybridized carbons (Fsp3) is 0.391. The fourth-order valence-corrected chi connectivity index (χ4v) is 4.50. The summed E-state index contributed by atoms with van der Waals surface area (Å²) in [5.74, 6) is 1.54. The van der Waals surface area contributed by atoms with E-state index in [0.717, 1.165) is 66.2 Å². The van der Waals surface area contributed by atoms with Gasteiger partial charge in [0.15, 0.2) is 10.8 Å². The number of thiazole rings is 1. The summed E-state index contributed by atoms with van der Waals surface area (Å²) in [6.45, 7) is 11.6. The van der Waals surface area contributed by atoms with Crippen LogP contribution in [0.5, 0.6) is 0 Å². The molecule has 0 spiro atoms. The van der Waals surface area contributed by atoms with E-state index >= 15 is 0 Å². The van der Waals surface area contributed by atoms with Crippen molar-refractivity contribution in [2.75, 3.05) is 42.9 Å². The molecule has 7 heteroatoms. The third-order valence-electron chi connectivity index (χ3n) is 5.51. The van der Waals surface area contributed by atoms with Crippen LogP contribution in [-0.2, 0) is 11.2 Å². The van der Waals surface area contributed by atoms with Crippen LogP contribution in [0.4, 0.5) is 11.4 Å². The van der Waals surface area contributed by atoms with E-state index in [2.05, 4.69) is 39.2 Å². The van der Waals surface area contributed by atoms with Crippen molar-refractivity contribution >= 4 is 28.6 Å². The minimum atomic E-state index is -0.0603. The SMILES string of the molecule is CCN1CCN(c2ccc(NC(=O)Cc3csc(-c4ccc(C)o4)n3)c(C)c2)CC1. The number of amides is 1. The Kier molecular flexibility index (Phi) is 6.20. The summed E-state index contributed by atoms with van der Waals surface area (Å²) in [4.78, 5) is 22.0. The number of aryl methyl sites for hydroxylation is 2. The Hall–Kier alpha value is -2.64. The van der Waals surface area contributed by atoms with Crippen LogP contribution < -0.4 is 10.2 Å². The molecule has 1 fully saturated rings. The highest BCUT2D eigenvalue weighted by atomic mass is 32.1. The van der Waals surface area contributed by atoms with E-state index in [1.165, 1.54) is 17.0 Å². The predicted octanol–water partition coefficient (Wildman–Crippen LogP) is 4.34. The highest BCUT2D eigenvalue weighted by molar-refractivity contribution is 7.13.